The fourth-order valence-corrected chi connectivity index (χ4v) is 3.42. The average molecular weight is 392 g/mol. The summed E-state index contributed by atoms with van der Waals surface area (Å²) in [6.45, 7) is 8.75. The third-order valence-corrected chi connectivity index (χ3v) is 5.36. The van der Waals surface area contributed by atoms with Gasteiger partial charge in [-0.1, -0.05) is 40.5 Å². The van der Waals surface area contributed by atoms with E-state index in [1.165, 1.54) is 13.5 Å². The summed E-state index contributed by atoms with van der Waals surface area (Å²) in [6.07, 6.45) is 3.28. The van der Waals surface area contributed by atoms with Crippen LogP contribution < -0.4 is 14.8 Å². The highest BCUT2D eigenvalue weighted by atomic mass is 16.5. The zero-order valence-electron chi connectivity index (χ0n) is 17.6. The van der Waals surface area contributed by atoms with Crippen molar-refractivity contribution in [3.05, 3.63) is 23.8 Å². The molecule has 0 spiro atoms. The van der Waals surface area contributed by atoms with Crippen LogP contribution in [0.1, 0.15) is 57.3 Å². The second kappa shape index (κ2) is 10.3. The maximum atomic E-state index is 12.3. The standard InChI is InChI=1S/C22H33NO5/c1-14(2)12-27-19-10-9-17(11-20(19)26-5)22(25)28-13-21(24)23-18-8-6-7-15(3)16(18)4/h9-11,14-16,18H,6-8,12-13H2,1-5H3,(H,23,24)/t15-,16+,18-/m0/s1. The van der Waals surface area contributed by atoms with Crippen LogP contribution in [0, 0.1) is 17.8 Å². The Hall–Kier alpha value is -2.24. The summed E-state index contributed by atoms with van der Waals surface area (Å²) in [5, 5.41) is 3.00. The Kier molecular flexibility index (Phi) is 8.15. The van der Waals surface area contributed by atoms with E-state index in [1.54, 1.807) is 18.2 Å². The Bertz CT molecular complexity index is 673. The average Bonchev–Trinajstić information content (AvgIpc) is 2.67. The van der Waals surface area contributed by atoms with Gasteiger partial charge in [0.05, 0.1) is 19.3 Å². The molecule has 0 aromatic heterocycles. The van der Waals surface area contributed by atoms with Gasteiger partial charge in [0.15, 0.2) is 18.1 Å². The number of carbonyl (C=O) groups excluding carboxylic acids is 2. The molecule has 156 valence electrons. The zero-order chi connectivity index (χ0) is 20.7. The number of amides is 1. The van der Waals surface area contributed by atoms with E-state index in [1.807, 2.05) is 0 Å². The molecule has 1 aliphatic rings. The lowest BCUT2D eigenvalue weighted by atomic mass is 9.78. The van der Waals surface area contributed by atoms with Crippen LogP contribution in [0.2, 0.25) is 0 Å². The predicted molar refractivity (Wildman–Crippen MR) is 108 cm³/mol. The second-order valence-electron chi connectivity index (χ2n) is 8.09. The van der Waals surface area contributed by atoms with Gasteiger partial charge in [-0.25, -0.2) is 4.79 Å². The van der Waals surface area contributed by atoms with Gasteiger partial charge in [0.1, 0.15) is 0 Å². The number of methoxy groups -OCH3 is 1. The molecule has 0 heterocycles. The third kappa shape index (κ3) is 6.14. The summed E-state index contributed by atoms with van der Waals surface area (Å²) in [5.74, 6) is 1.61. The molecule has 3 atom stereocenters. The normalized spacial score (nSPS) is 21.9. The Balaban J connectivity index is 1.89. The summed E-state index contributed by atoms with van der Waals surface area (Å²) in [7, 11) is 1.52. The van der Waals surface area contributed by atoms with Crippen molar-refractivity contribution in [2.45, 2.75) is 53.0 Å². The fourth-order valence-electron chi connectivity index (χ4n) is 3.42. The first-order valence-electron chi connectivity index (χ1n) is 10.1. The summed E-state index contributed by atoms with van der Waals surface area (Å²) in [6, 6.07) is 5.01. The lowest BCUT2D eigenvalue weighted by molar-refractivity contribution is -0.125. The lowest BCUT2D eigenvalue weighted by Crippen LogP contribution is -2.45. The maximum absolute atomic E-state index is 12.3. The molecule has 2 rings (SSSR count). The number of carbonyl (C=O) groups is 2. The van der Waals surface area contributed by atoms with E-state index in [0.717, 1.165) is 12.8 Å². The number of nitrogens with one attached hydrogen (secondary N) is 1. The summed E-state index contributed by atoms with van der Waals surface area (Å²) in [4.78, 5) is 24.5. The van der Waals surface area contributed by atoms with E-state index in [0.29, 0.717) is 41.4 Å². The number of ether oxygens (including phenoxy) is 3. The molecule has 1 amide bonds. The minimum atomic E-state index is -0.561. The number of rotatable bonds is 8. The van der Waals surface area contributed by atoms with Crippen LogP contribution in [0.3, 0.4) is 0 Å². The van der Waals surface area contributed by atoms with E-state index in [2.05, 4.69) is 33.0 Å². The van der Waals surface area contributed by atoms with Crippen LogP contribution in [-0.4, -0.2) is 38.2 Å². The van der Waals surface area contributed by atoms with Gasteiger partial charge in [0.2, 0.25) is 0 Å². The number of hydrogen-bond donors (Lipinski definition) is 1. The predicted octanol–water partition coefficient (Wildman–Crippen LogP) is 3.83. The molecule has 28 heavy (non-hydrogen) atoms. The van der Waals surface area contributed by atoms with Crippen molar-refractivity contribution in [2.75, 3.05) is 20.3 Å². The number of benzene rings is 1. The van der Waals surface area contributed by atoms with E-state index < -0.39 is 5.97 Å². The first-order chi connectivity index (χ1) is 13.3. The topological polar surface area (TPSA) is 73.9 Å². The summed E-state index contributed by atoms with van der Waals surface area (Å²) in [5.41, 5.74) is 0.321. The maximum Gasteiger partial charge on any atom is 0.338 e. The Morgan fingerprint density at radius 3 is 2.61 bits per heavy atom. The highest BCUT2D eigenvalue weighted by Crippen LogP contribution is 2.30. The first kappa shape index (κ1) is 22.1. The monoisotopic (exact) mass is 391 g/mol. The van der Waals surface area contributed by atoms with Gasteiger partial charge in [-0.15, -0.1) is 0 Å². The van der Waals surface area contributed by atoms with Crippen LogP contribution in [-0.2, 0) is 9.53 Å². The third-order valence-electron chi connectivity index (χ3n) is 5.36. The quantitative estimate of drug-likeness (QED) is 0.682. The SMILES string of the molecule is COc1cc(C(=O)OCC(=O)N[C@H]2CCC[C@H](C)[C@H]2C)ccc1OCC(C)C. The van der Waals surface area contributed by atoms with Gasteiger partial charge in [0, 0.05) is 6.04 Å². The molecule has 0 saturated heterocycles. The van der Waals surface area contributed by atoms with Crippen molar-refractivity contribution in [2.24, 2.45) is 17.8 Å². The molecule has 0 aliphatic heterocycles. The van der Waals surface area contributed by atoms with E-state index in [-0.39, 0.29) is 18.6 Å². The molecule has 0 bridgehead atoms. The van der Waals surface area contributed by atoms with Crippen molar-refractivity contribution < 1.29 is 23.8 Å². The van der Waals surface area contributed by atoms with Gasteiger partial charge in [-0.05, 0) is 42.4 Å². The van der Waals surface area contributed by atoms with Crippen molar-refractivity contribution >= 4 is 11.9 Å². The van der Waals surface area contributed by atoms with Crippen LogP contribution in [0.5, 0.6) is 11.5 Å². The lowest BCUT2D eigenvalue weighted by Gasteiger charge is -2.34. The molecule has 1 fully saturated rings. The van der Waals surface area contributed by atoms with Gasteiger partial charge >= 0.3 is 5.97 Å². The molecule has 1 N–H and O–H groups in total. The van der Waals surface area contributed by atoms with Crippen molar-refractivity contribution in [1.29, 1.82) is 0 Å². The van der Waals surface area contributed by atoms with Gasteiger partial charge in [-0.3, -0.25) is 4.79 Å². The molecule has 1 aromatic rings. The summed E-state index contributed by atoms with van der Waals surface area (Å²) >= 11 is 0. The van der Waals surface area contributed by atoms with Crippen molar-refractivity contribution in [3.63, 3.8) is 0 Å². The molecular weight excluding hydrogens is 358 g/mol. The number of esters is 1. The zero-order valence-corrected chi connectivity index (χ0v) is 17.6. The highest BCUT2D eigenvalue weighted by Gasteiger charge is 2.28. The van der Waals surface area contributed by atoms with Crippen LogP contribution >= 0.6 is 0 Å². The van der Waals surface area contributed by atoms with Gasteiger partial charge < -0.3 is 19.5 Å². The van der Waals surface area contributed by atoms with E-state index >= 15 is 0 Å². The van der Waals surface area contributed by atoms with Gasteiger partial charge in [0.25, 0.3) is 5.91 Å². The fraction of sp³-hybridized carbons (Fsp3) is 0.636. The van der Waals surface area contributed by atoms with Crippen LogP contribution in [0.4, 0.5) is 0 Å². The number of hydrogen-bond acceptors (Lipinski definition) is 5. The van der Waals surface area contributed by atoms with Crippen LogP contribution in [0.25, 0.3) is 0 Å². The molecule has 1 aliphatic carbocycles. The minimum Gasteiger partial charge on any atom is -0.493 e. The molecule has 6 heteroatoms. The second-order valence-corrected chi connectivity index (χ2v) is 8.09. The van der Waals surface area contributed by atoms with Crippen molar-refractivity contribution in [1.82, 2.24) is 5.32 Å². The Morgan fingerprint density at radius 1 is 1.18 bits per heavy atom. The highest BCUT2D eigenvalue weighted by molar-refractivity contribution is 5.92. The molecule has 0 radical (unpaired) electrons. The molecular formula is C22H33NO5. The van der Waals surface area contributed by atoms with Crippen molar-refractivity contribution in [3.8, 4) is 11.5 Å². The van der Waals surface area contributed by atoms with E-state index in [9.17, 15) is 9.59 Å². The van der Waals surface area contributed by atoms with Crippen LogP contribution in [0.15, 0.2) is 18.2 Å². The smallest absolute Gasteiger partial charge is 0.338 e. The Morgan fingerprint density at radius 2 is 1.93 bits per heavy atom. The minimum absolute atomic E-state index is 0.146. The molecule has 0 unspecified atom stereocenters. The molecule has 1 saturated carbocycles. The molecule has 1 aromatic carbocycles. The molecule has 6 nitrogen and oxygen atoms in total. The summed E-state index contributed by atoms with van der Waals surface area (Å²) < 4.78 is 16.2. The largest absolute Gasteiger partial charge is 0.493 e. The van der Waals surface area contributed by atoms with Gasteiger partial charge in [-0.2, -0.15) is 0 Å². The van der Waals surface area contributed by atoms with E-state index in [4.69, 9.17) is 14.2 Å². The Labute approximate surface area is 167 Å². The first-order valence-corrected chi connectivity index (χ1v) is 10.1.